The number of hydrogen-bond acceptors (Lipinski definition) is 2. The Morgan fingerprint density at radius 1 is 1.33 bits per heavy atom. The molecule has 0 amide bonds. The molecule has 1 atom stereocenters. The summed E-state index contributed by atoms with van der Waals surface area (Å²) in [5.74, 6) is 0. The van der Waals surface area contributed by atoms with Crippen LogP contribution in [0.2, 0.25) is 10.0 Å². The highest BCUT2D eigenvalue weighted by Crippen LogP contribution is 2.36. The number of thiophene rings is 1. The van der Waals surface area contributed by atoms with Gasteiger partial charge in [-0.25, -0.2) is 0 Å². The summed E-state index contributed by atoms with van der Waals surface area (Å²) in [6.45, 7) is 2.94. The lowest BCUT2D eigenvalue weighted by Gasteiger charge is -2.19. The first kappa shape index (κ1) is 14.4. The number of benzene rings is 1. The molecule has 0 spiro atoms. The van der Waals surface area contributed by atoms with Crippen molar-refractivity contribution >= 4 is 50.5 Å². The first-order valence-corrected chi connectivity index (χ1v) is 7.97. The average molecular weight is 365 g/mol. The minimum Gasteiger partial charge on any atom is -0.306 e. The zero-order valence-corrected chi connectivity index (χ0v) is 13.6. The molecule has 96 valence electrons. The number of rotatable bonds is 4. The van der Waals surface area contributed by atoms with E-state index in [1.807, 2.05) is 18.2 Å². The maximum absolute atomic E-state index is 6.29. The molecular formula is C13H12BrCl2NS. The van der Waals surface area contributed by atoms with E-state index in [0.29, 0.717) is 5.02 Å². The first-order chi connectivity index (χ1) is 8.63. The molecule has 1 aromatic heterocycles. The summed E-state index contributed by atoms with van der Waals surface area (Å²) < 4.78 is 1.09. The molecular weight excluding hydrogens is 353 g/mol. The Balaban J connectivity index is 2.48. The highest BCUT2D eigenvalue weighted by molar-refractivity contribution is 9.10. The van der Waals surface area contributed by atoms with Crippen molar-refractivity contribution in [2.24, 2.45) is 0 Å². The first-order valence-electron chi connectivity index (χ1n) is 5.54. The lowest BCUT2D eigenvalue weighted by atomic mass is 10.1. The van der Waals surface area contributed by atoms with Crippen LogP contribution >= 0.6 is 50.5 Å². The van der Waals surface area contributed by atoms with Crippen LogP contribution in [0.3, 0.4) is 0 Å². The van der Waals surface area contributed by atoms with E-state index in [1.165, 1.54) is 4.88 Å². The lowest BCUT2D eigenvalue weighted by Crippen LogP contribution is -2.21. The fourth-order valence-corrected chi connectivity index (χ4v) is 3.90. The number of nitrogens with one attached hydrogen (secondary N) is 1. The minimum absolute atomic E-state index is 0.0653. The highest BCUT2D eigenvalue weighted by atomic mass is 79.9. The molecule has 0 saturated carbocycles. The Morgan fingerprint density at radius 2 is 2.11 bits per heavy atom. The van der Waals surface area contributed by atoms with Gasteiger partial charge in [0.15, 0.2) is 0 Å². The van der Waals surface area contributed by atoms with Crippen LogP contribution in [0.1, 0.15) is 23.4 Å². The van der Waals surface area contributed by atoms with Crippen LogP contribution in [-0.4, -0.2) is 6.54 Å². The zero-order chi connectivity index (χ0) is 13.1. The predicted octanol–water partition coefficient (Wildman–Crippen LogP) is 5.52. The van der Waals surface area contributed by atoms with Crippen molar-refractivity contribution in [3.63, 3.8) is 0 Å². The molecule has 1 aromatic carbocycles. The maximum Gasteiger partial charge on any atom is 0.0697 e. The third kappa shape index (κ3) is 3.09. The summed E-state index contributed by atoms with van der Waals surface area (Å²) in [6.07, 6.45) is 0. The molecule has 2 rings (SSSR count). The van der Waals surface area contributed by atoms with Gasteiger partial charge in [0.1, 0.15) is 0 Å². The summed E-state index contributed by atoms with van der Waals surface area (Å²) in [5, 5.41) is 6.93. The molecule has 0 aliphatic rings. The fraction of sp³-hybridized carbons (Fsp3) is 0.231. The van der Waals surface area contributed by atoms with E-state index in [9.17, 15) is 0 Å². The van der Waals surface area contributed by atoms with Crippen molar-refractivity contribution in [3.8, 4) is 0 Å². The molecule has 0 aliphatic carbocycles. The average Bonchev–Trinajstić information content (AvgIpc) is 2.76. The van der Waals surface area contributed by atoms with E-state index in [2.05, 4.69) is 33.6 Å². The molecule has 0 fully saturated rings. The Labute approximate surface area is 129 Å². The maximum atomic E-state index is 6.29. The second-order valence-corrected chi connectivity index (χ2v) is 6.43. The molecule has 0 aliphatic heterocycles. The van der Waals surface area contributed by atoms with Gasteiger partial charge in [0, 0.05) is 19.4 Å². The quantitative estimate of drug-likeness (QED) is 0.753. The summed E-state index contributed by atoms with van der Waals surface area (Å²) in [6, 6.07) is 7.67. The van der Waals surface area contributed by atoms with Crippen LogP contribution in [0.4, 0.5) is 0 Å². The molecule has 1 heterocycles. The van der Waals surface area contributed by atoms with Crippen molar-refractivity contribution in [3.05, 3.63) is 54.6 Å². The minimum atomic E-state index is 0.0653. The Kier molecular flexibility index (Phi) is 5.10. The van der Waals surface area contributed by atoms with E-state index in [-0.39, 0.29) is 6.04 Å². The van der Waals surface area contributed by atoms with Crippen molar-refractivity contribution in [2.45, 2.75) is 13.0 Å². The van der Waals surface area contributed by atoms with Crippen LogP contribution in [0, 0.1) is 0 Å². The Morgan fingerprint density at radius 3 is 2.72 bits per heavy atom. The van der Waals surface area contributed by atoms with Gasteiger partial charge in [0.2, 0.25) is 0 Å². The zero-order valence-electron chi connectivity index (χ0n) is 9.71. The smallest absolute Gasteiger partial charge is 0.0697 e. The standard InChI is InChI=1S/C13H12BrCl2NS/c1-2-17-12(13-10(14)5-6-18-13)9-7-8(15)3-4-11(9)16/h3-7,12,17H,2H2,1H3. The van der Waals surface area contributed by atoms with Gasteiger partial charge < -0.3 is 5.32 Å². The van der Waals surface area contributed by atoms with E-state index in [4.69, 9.17) is 23.2 Å². The monoisotopic (exact) mass is 363 g/mol. The second-order valence-electron chi connectivity index (χ2n) is 3.79. The molecule has 1 unspecified atom stereocenters. The Hall–Kier alpha value is -0.0600. The van der Waals surface area contributed by atoms with Crippen molar-refractivity contribution < 1.29 is 0 Å². The van der Waals surface area contributed by atoms with Crippen LogP contribution in [-0.2, 0) is 0 Å². The van der Waals surface area contributed by atoms with Gasteiger partial charge in [-0.2, -0.15) is 0 Å². The van der Waals surface area contributed by atoms with Gasteiger partial charge in [-0.3, -0.25) is 0 Å². The van der Waals surface area contributed by atoms with E-state index in [1.54, 1.807) is 17.4 Å². The number of hydrogen-bond donors (Lipinski definition) is 1. The molecule has 5 heteroatoms. The largest absolute Gasteiger partial charge is 0.306 e. The summed E-state index contributed by atoms with van der Waals surface area (Å²) in [5.41, 5.74) is 1.01. The third-order valence-corrected chi connectivity index (χ3v) is 5.10. The Bertz CT molecular complexity index is 542. The second kappa shape index (κ2) is 6.40. The van der Waals surface area contributed by atoms with Crippen LogP contribution < -0.4 is 5.32 Å². The van der Waals surface area contributed by atoms with Crippen molar-refractivity contribution in [2.75, 3.05) is 6.54 Å². The van der Waals surface area contributed by atoms with Crippen LogP contribution in [0.15, 0.2) is 34.1 Å². The van der Waals surface area contributed by atoms with Gasteiger partial charge in [0.25, 0.3) is 0 Å². The molecule has 2 aromatic rings. The molecule has 18 heavy (non-hydrogen) atoms. The third-order valence-electron chi connectivity index (χ3n) is 2.58. The van der Waals surface area contributed by atoms with Crippen LogP contribution in [0.25, 0.3) is 0 Å². The molecule has 1 N–H and O–H groups in total. The summed E-state index contributed by atoms with van der Waals surface area (Å²) in [4.78, 5) is 1.21. The SMILES string of the molecule is CCNC(c1cc(Cl)ccc1Cl)c1sccc1Br. The highest BCUT2D eigenvalue weighted by Gasteiger charge is 2.20. The molecule has 1 nitrogen and oxygen atoms in total. The van der Waals surface area contributed by atoms with E-state index >= 15 is 0 Å². The molecule has 0 radical (unpaired) electrons. The predicted molar refractivity (Wildman–Crippen MR) is 84.0 cm³/mol. The van der Waals surface area contributed by atoms with Gasteiger partial charge in [-0.15, -0.1) is 11.3 Å². The number of halogens is 3. The van der Waals surface area contributed by atoms with Gasteiger partial charge in [-0.05, 0) is 57.7 Å². The van der Waals surface area contributed by atoms with Crippen molar-refractivity contribution in [1.82, 2.24) is 5.32 Å². The van der Waals surface area contributed by atoms with Crippen molar-refractivity contribution in [1.29, 1.82) is 0 Å². The van der Waals surface area contributed by atoms with Gasteiger partial charge in [0.05, 0.1) is 6.04 Å². The van der Waals surface area contributed by atoms with Crippen LogP contribution in [0.5, 0.6) is 0 Å². The lowest BCUT2D eigenvalue weighted by molar-refractivity contribution is 0.638. The van der Waals surface area contributed by atoms with E-state index in [0.717, 1.165) is 21.6 Å². The topological polar surface area (TPSA) is 12.0 Å². The normalized spacial score (nSPS) is 12.7. The fourth-order valence-electron chi connectivity index (χ4n) is 1.80. The van der Waals surface area contributed by atoms with Gasteiger partial charge in [-0.1, -0.05) is 30.1 Å². The molecule has 0 bridgehead atoms. The van der Waals surface area contributed by atoms with Gasteiger partial charge >= 0.3 is 0 Å². The van der Waals surface area contributed by atoms with E-state index < -0.39 is 0 Å². The summed E-state index contributed by atoms with van der Waals surface area (Å²) >= 11 is 17.6. The summed E-state index contributed by atoms with van der Waals surface area (Å²) in [7, 11) is 0. The molecule has 0 saturated heterocycles.